The third-order valence-electron chi connectivity index (χ3n) is 8.36. The summed E-state index contributed by atoms with van der Waals surface area (Å²) in [5.74, 6) is 0.507. The van der Waals surface area contributed by atoms with Crippen LogP contribution in [0.1, 0.15) is 56.2 Å². The summed E-state index contributed by atoms with van der Waals surface area (Å²) < 4.78 is 5.19. The van der Waals surface area contributed by atoms with Crippen LogP contribution in [0.4, 0.5) is 9.59 Å². The van der Waals surface area contributed by atoms with E-state index in [-0.39, 0.29) is 18.2 Å². The smallest absolute Gasteiger partial charge is 0.409 e. The van der Waals surface area contributed by atoms with Gasteiger partial charge in [0.15, 0.2) is 0 Å². The third-order valence-corrected chi connectivity index (χ3v) is 8.36. The molecule has 1 saturated carbocycles. The molecule has 3 amide bonds. The quantitative estimate of drug-likeness (QED) is 0.780. The first-order chi connectivity index (χ1) is 15.5. The molecule has 7 nitrogen and oxygen atoms in total. The number of hydrogen-bond donors (Lipinski definition) is 1. The fourth-order valence-electron chi connectivity index (χ4n) is 6.70. The van der Waals surface area contributed by atoms with Gasteiger partial charge >= 0.3 is 12.1 Å². The highest BCUT2D eigenvalue weighted by Crippen LogP contribution is 2.51. The Morgan fingerprint density at radius 3 is 2.62 bits per heavy atom. The summed E-state index contributed by atoms with van der Waals surface area (Å²) in [4.78, 5) is 31.3. The van der Waals surface area contributed by atoms with Gasteiger partial charge in [-0.15, -0.1) is 0 Å². The number of benzene rings is 1. The van der Waals surface area contributed by atoms with Gasteiger partial charge in [-0.2, -0.15) is 0 Å². The molecule has 174 valence electrons. The number of hydrogen-bond acceptors (Lipinski definition) is 4. The van der Waals surface area contributed by atoms with Crippen LogP contribution in [0.2, 0.25) is 0 Å². The summed E-state index contributed by atoms with van der Waals surface area (Å²) >= 11 is 0. The van der Waals surface area contributed by atoms with E-state index in [1.807, 2.05) is 16.7 Å². The molecule has 1 aliphatic carbocycles. The number of carbonyl (C=O) groups excluding carboxylic acids is 2. The molecule has 3 heterocycles. The van der Waals surface area contributed by atoms with E-state index in [1.54, 1.807) is 7.05 Å². The maximum atomic E-state index is 12.6. The van der Waals surface area contributed by atoms with E-state index >= 15 is 0 Å². The fraction of sp³-hybridized carbons (Fsp3) is 0.680. The van der Waals surface area contributed by atoms with Crippen LogP contribution in [0.5, 0.6) is 0 Å². The van der Waals surface area contributed by atoms with Crippen molar-refractivity contribution in [3.8, 4) is 0 Å². The molecule has 1 N–H and O–H groups in total. The van der Waals surface area contributed by atoms with Gasteiger partial charge in [-0.3, -0.25) is 0 Å². The normalized spacial score (nSPS) is 30.3. The Balaban J connectivity index is 1.17. The van der Waals surface area contributed by atoms with E-state index in [0.717, 1.165) is 45.4 Å². The maximum Gasteiger partial charge on any atom is 0.409 e. The zero-order valence-corrected chi connectivity index (χ0v) is 19.4. The Hall–Kier alpha value is -2.28. The Labute approximate surface area is 191 Å². The first-order valence-corrected chi connectivity index (χ1v) is 12.3. The van der Waals surface area contributed by atoms with Crippen LogP contribution in [0.3, 0.4) is 0 Å². The lowest BCUT2D eigenvalue weighted by molar-refractivity contribution is -0.0156. The highest BCUT2D eigenvalue weighted by atomic mass is 16.6. The zero-order chi connectivity index (χ0) is 22.3. The molecular weight excluding hydrogens is 404 g/mol. The van der Waals surface area contributed by atoms with Gasteiger partial charge in [-0.1, -0.05) is 24.3 Å². The number of amides is 3. The van der Waals surface area contributed by atoms with Crippen molar-refractivity contribution in [1.82, 2.24) is 20.0 Å². The Morgan fingerprint density at radius 2 is 1.91 bits per heavy atom. The molecule has 7 heteroatoms. The standard InChI is InChI=1S/C25H36N4O3/c1-3-32-24(31)28-13-10-25(17-28)14-20(15-25)27-11-8-18(9-12-27)22-21-7-5-4-6-19(21)16-29(22)23(30)26-2/h4-7,18,20,22H,3,8-17H2,1-2H3,(H,26,30). The van der Waals surface area contributed by atoms with Gasteiger partial charge < -0.3 is 24.8 Å². The van der Waals surface area contributed by atoms with Gasteiger partial charge in [-0.05, 0) is 74.6 Å². The van der Waals surface area contributed by atoms with Gasteiger partial charge in [0, 0.05) is 32.7 Å². The molecule has 4 aliphatic rings. The minimum atomic E-state index is -0.147. The highest BCUT2D eigenvalue weighted by Gasteiger charge is 2.52. The van der Waals surface area contributed by atoms with Crippen molar-refractivity contribution in [2.75, 3.05) is 39.8 Å². The molecule has 3 fully saturated rings. The number of piperidine rings is 1. The summed E-state index contributed by atoms with van der Waals surface area (Å²) in [6, 6.07) is 9.41. The second kappa shape index (κ2) is 8.58. The molecule has 1 aromatic rings. The predicted molar refractivity (Wildman–Crippen MR) is 122 cm³/mol. The summed E-state index contributed by atoms with van der Waals surface area (Å²) in [6.07, 6.45) is 5.62. The summed E-state index contributed by atoms with van der Waals surface area (Å²) in [5.41, 5.74) is 2.94. The average Bonchev–Trinajstić information content (AvgIpc) is 3.41. The number of carbonyl (C=O) groups is 2. The van der Waals surface area contributed by atoms with Crippen molar-refractivity contribution >= 4 is 12.1 Å². The van der Waals surface area contributed by atoms with Crippen LogP contribution in [0.15, 0.2) is 24.3 Å². The first-order valence-electron chi connectivity index (χ1n) is 12.3. The predicted octanol–water partition coefficient (Wildman–Crippen LogP) is 3.61. The number of rotatable bonds is 3. The number of urea groups is 1. The summed E-state index contributed by atoms with van der Waals surface area (Å²) in [6.45, 7) is 6.93. The van der Waals surface area contributed by atoms with E-state index < -0.39 is 0 Å². The highest BCUT2D eigenvalue weighted by molar-refractivity contribution is 5.75. The van der Waals surface area contributed by atoms with Crippen LogP contribution in [0, 0.1) is 11.3 Å². The van der Waals surface area contributed by atoms with E-state index in [2.05, 4.69) is 34.5 Å². The molecule has 1 atom stereocenters. The van der Waals surface area contributed by atoms with Gasteiger partial charge in [0.1, 0.15) is 0 Å². The molecule has 5 rings (SSSR count). The number of nitrogens with one attached hydrogen (secondary N) is 1. The molecule has 0 aromatic heterocycles. The Kier molecular flexibility index (Phi) is 5.78. The second-order valence-electron chi connectivity index (χ2n) is 10.1. The van der Waals surface area contributed by atoms with Crippen molar-refractivity contribution in [3.63, 3.8) is 0 Å². The molecule has 1 aromatic carbocycles. The van der Waals surface area contributed by atoms with Crippen molar-refractivity contribution in [2.24, 2.45) is 11.3 Å². The molecule has 1 unspecified atom stereocenters. The van der Waals surface area contributed by atoms with Crippen LogP contribution >= 0.6 is 0 Å². The van der Waals surface area contributed by atoms with Crippen LogP contribution < -0.4 is 5.32 Å². The number of nitrogens with zero attached hydrogens (tertiary/aromatic N) is 3. The fourth-order valence-corrected chi connectivity index (χ4v) is 6.70. The van der Waals surface area contributed by atoms with E-state index in [1.165, 1.54) is 24.0 Å². The van der Waals surface area contributed by atoms with E-state index in [9.17, 15) is 9.59 Å². The molecule has 3 aliphatic heterocycles. The number of ether oxygens (including phenoxy) is 1. The van der Waals surface area contributed by atoms with Gasteiger partial charge in [-0.25, -0.2) is 9.59 Å². The minimum Gasteiger partial charge on any atom is -0.450 e. The van der Waals surface area contributed by atoms with Gasteiger partial charge in [0.05, 0.1) is 12.6 Å². The van der Waals surface area contributed by atoms with Crippen LogP contribution in [-0.4, -0.2) is 72.7 Å². The lowest BCUT2D eigenvalue weighted by Gasteiger charge is -2.52. The Bertz CT molecular complexity index is 860. The minimum absolute atomic E-state index is 0.0296. The molecule has 0 radical (unpaired) electrons. The van der Waals surface area contributed by atoms with E-state index in [0.29, 0.717) is 30.5 Å². The molecular formula is C25H36N4O3. The van der Waals surface area contributed by atoms with Crippen molar-refractivity contribution < 1.29 is 14.3 Å². The van der Waals surface area contributed by atoms with Crippen LogP contribution in [-0.2, 0) is 11.3 Å². The van der Waals surface area contributed by atoms with E-state index in [4.69, 9.17) is 4.74 Å². The summed E-state index contributed by atoms with van der Waals surface area (Å²) in [5, 5.41) is 2.84. The third kappa shape index (κ3) is 3.74. The maximum absolute atomic E-state index is 12.6. The molecule has 2 saturated heterocycles. The molecule has 32 heavy (non-hydrogen) atoms. The largest absolute Gasteiger partial charge is 0.450 e. The molecule has 0 bridgehead atoms. The second-order valence-corrected chi connectivity index (χ2v) is 10.1. The van der Waals surface area contributed by atoms with Crippen molar-refractivity contribution in [1.29, 1.82) is 0 Å². The van der Waals surface area contributed by atoms with Crippen LogP contribution in [0.25, 0.3) is 0 Å². The topological polar surface area (TPSA) is 65.1 Å². The molecule has 1 spiro atoms. The van der Waals surface area contributed by atoms with Gasteiger partial charge in [0.25, 0.3) is 0 Å². The SMILES string of the molecule is CCOC(=O)N1CCC2(CC(N3CCC(C4c5ccccc5CN4C(=O)NC)CC3)C2)C1. The average molecular weight is 441 g/mol. The zero-order valence-electron chi connectivity index (χ0n) is 19.4. The Morgan fingerprint density at radius 1 is 1.16 bits per heavy atom. The van der Waals surface area contributed by atoms with Crippen molar-refractivity contribution in [3.05, 3.63) is 35.4 Å². The van der Waals surface area contributed by atoms with Crippen molar-refractivity contribution in [2.45, 2.75) is 57.7 Å². The lowest BCUT2D eigenvalue weighted by atomic mass is 9.64. The van der Waals surface area contributed by atoms with Gasteiger partial charge in [0.2, 0.25) is 0 Å². The monoisotopic (exact) mass is 440 g/mol. The number of likely N-dealkylation sites (tertiary alicyclic amines) is 2. The lowest BCUT2D eigenvalue weighted by Crippen LogP contribution is -2.54. The first kappa shape index (κ1) is 21.6. The summed E-state index contributed by atoms with van der Waals surface area (Å²) in [7, 11) is 1.73. The number of fused-ring (bicyclic) bond motifs is 1.